The molecule has 0 radical (unpaired) electrons. The van der Waals surface area contributed by atoms with E-state index in [-0.39, 0.29) is 11.4 Å². The van der Waals surface area contributed by atoms with Gasteiger partial charge in [0.1, 0.15) is 5.82 Å². The summed E-state index contributed by atoms with van der Waals surface area (Å²) in [6, 6.07) is 16.0. The predicted molar refractivity (Wildman–Crippen MR) is 114 cm³/mol. The van der Waals surface area contributed by atoms with Gasteiger partial charge in [-0.1, -0.05) is 30.3 Å². The van der Waals surface area contributed by atoms with Crippen LogP contribution in [-0.4, -0.2) is 29.6 Å². The SMILES string of the molecule is Fc1ccc2[nH]cc(COCC3CCC(c4ccccc4)(N4CCC4)CC3)c2c1. The Bertz CT molecular complexity index is 955. The largest absolute Gasteiger partial charge is 0.376 e. The molecule has 2 fully saturated rings. The Kier molecular flexibility index (Phi) is 5.15. The summed E-state index contributed by atoms with van der Waals surface area (Å²) in [7, 11) is 0. The molecule has 1 saturated heterocycles. The lowest BCUT2D eigenvalue weighted by Crippen LogP contribution is -2.54. The summed E-state index contributed by atoms with van der Waals surface area (Å²) in [5.74, 6) is 0.406. The topological polar surface area (TPSA) is 28.3 Å². The monoisotopic (exact) mass is 392 g/mol. The van der Waals surface area contributed by atoms with Gasteiger partial charge in [-0.3, -0.25) is 4.90 Å². The summed E-state index contributed by atoms with van der Waals surface area (Å²) in [5, 5.41) is 0.925. The molecule has 0 spiro atoms. The third-order valence-electron chi connectivity index (χ3n) is 7.05. The third-order valence-corrected chi connectivity index (χ3v) is 7.05. The zero-order chi connectivity index (χ0) is 19.7. The van der Waals surface area contributed by atoms with Gasteiger partial charge in [-0.05, 0) is 61.8 Å². The first-order valence-electron chi connectivity index (χ1n) is 10.9. The van der Waals surface area contributed by atoms with Crippen molar-refractivity contribution in [2.45, 2.75) is 44.2 Å². The molecule has 3 aromatic rings. The second-order valence-corrected chi connectivity index (χ2v) is 8.70. The molecular weight excluding hydrogens is 363 g/mol. The molecule has 4 heteroatoms. The Balaban J connectivity index is 1.20. The van der Waals surface area contributed by atoms with E-state index in [0.717, 1.165) is 23.1 Å². The maximum absolute atomic E-state index is 13.6. The van der Waals surface area contributed by atoms with E-state index in [1.165, 1.54) is 56.8 Å². The minimum atomic E-state index is -0.200. The Labute approximate surface area is 171 Å². The van der Waals surface area contributed by atoms with E-state index in [9.17, 15) is 4.39 Å². The summed E-state index contributed by atoms with van der Waals surface area (Å²) < 4.78 is 19.6. The lowest BCUT2D eigenvalue weighted by Gasteiger charge is -2.52. The van der Waals surface area contributed by atoms with Crippen molar-refractivity contribution in [3.8, 4) is 0 Å². The lowest BCUT2D eigenvalue weighted by atomic mass is 9.71. The van der Waals surface area contributed by atoms with Gasteiger partial charge in [0, 0.05) is 47.9 Å². The van der Waals surface area contributed by atoms with Crippen LogP contribution in [0.15, 0.2) is 54.7 Å². The van der Waals surface area contributed by atoms with Crippen LogP contribution in [0.4, 0.5) is 4.39 Å². The predicted octanol–water partition coefficient (Wildman–Crippen LogP) is 5.62. The van der Waals surface area contributed by atoms with Crippen molar-refractivity contribution in [3.05, 3.63) is 71.7 Å². The molecular formula is C25H29FN2O. The van der Waals surface area contributed by atoms with E-state index in [0.29, 0.717) is 12.5 Å². The Morgan fingerprint density at radius 1 is 1.07 bits per heavy atom. The number of fused-ring (bicyclic) bond motifs is 1. The standard InChI is InChI=1S/C25H29FN2O/c26-22-7-8-24-23(15-22)20(16-27-24)18-29-17-19-9-11-25(12-10-19,28-13-4-14-28)21-5-2-1-3-6-21/h1-3,5-8,15-16,19,27H,4,9-14,17-18H2. The van der Waals surface area contributed by atoms with E-state index in [2.05, 4.69) is 40.2 Å². The molecule has 152 valence electrons. The first-order valence-corrected chi connectivity index (χ1v) is 10.9. The fourth-order valence-electron chi connectivity index (χ4n) is 5.21. The van der Waals surface area contributed by atoms with E-state index in [4.69, 9.17) is 4.74 Å². The van der Waals surface area contributed by atoms with Crippen LogP contribution < -0.4 is 0 Å². The summed E-state index contributed by atoms with van der Waals surface area (Å²) in [5.41, 5.74) is 3.71. The Morgan fingerprint density at radius 3 is 2.59 bits per heavy atom. The van der Waals surface area contributed by atoms with Crippen molar-refractivity contribution in [2.24, 2.45) is 5.92 Å². The highest BCUT2D eigenvalue weighted by Crippen LogP contribution is 2.46. The minimum Gasteiger partial charge on any atom is -0.376 e. The van der Waals surface area contributed by atoms with Gasteiger partial charge < -0.3 is 9.72 Å². The smallest absolute Gasteiger partial charge is 0.123 e. The zero-order valence-electron chi connectivity index (χ0n) is 16.9. The van der Waals surface area contributed by atoms with Crippen molar-refractivity contribution < 1.29 is 9.13 Å². The highest BCUT2D eigenvalue weighted by molar-refractivity contribution is 5.83. The summed E-state index contributed by atoms with van der Waals surface area (Å²) in [4.78, 5) is 5.90. The van der Waals surface area contributed by atoms with Crippen LogP contribution in [0.2, 0.25) is 0 Å². The van der Waals surface area contributed by atoms with E-state index >= 15 is 0 Å². The zero-order valence-corrected chi connectivity index (χ0v) is 16.9. The number of hydrogen-bond acceptors (Lipinski definition) is 2. The van der Waals surface area contributed by atoms with Gasteiger partial charge >= 0.3 is 0 Å². The van der Waals surface area contributed by atoms with E-state index in [1.54, 1.807) is 12.1 Å². The van der Waals surface area contributed by atoms with Crippen LogP contribution in [-0.2, 0) is 16.9 Å². The molecule has 5 rings (SSSR count). The molecule has 1 aliphatic carbocycles. The second kappa shape index (κ2) is 7.92. The third kappa shape index (κ3) is 3.60. The normalized spacial score (nSPS) is 25.2. The number of aromatic amines is 1. The van der Waals surface area contributed by atoms with Gasteiger partial charge in [-0.15, -0.1) is 0 Å². The molecule has 0 atom stereocenters. The maximum atomic E-state index is 13.6. The van der Waals surface area contributed by atoms with Gasteiger partial charge in [-0.25, -0.2) is 4.39 Å². The molecule has 0 unspecified atom stereocenters. The molecule has 2 aromatic carbocycles. The second-order valence-electron chi connectivity index (χ2n) is 8.70. The average molecular weight is 393 g/mol. The van der Waals surface area contributed by atoms with Crippen molar-refractivity contribution in [2.75, 3.05) is 19.7 Å². The highest BCUT2D eigenvalue weighted by Gasteiger charge is 2.43. The van der Waals surface area contributed by atoms with Gasteiger partial charge in [-0.2, -0.15) is 0 Å². The number of nitrogens with one attached hydrogen (secondary N) is 1. The number of ether oxygens (including phenoxy) is 1. The van der Waals surface area contributed by atoms with Gasteiger partial charge in [0.2, 0.25) is 0 Å². The number of rotatable bonds is 6. The van der Waals surface area contributed by atoms with Crippen LogP contribution in [0.3, 0.4) is 0 Å². The fraction of sp³-hybridized carbons (Fsp3) is 0.440. The Hall–Kier alpha value is -2.17. The number of likely N-dealkylation sites (tertiary alicyclic amines) is 1. The molecule has 0 amide bonds. The first kappa shape index (κ1) is 18.8. The number of H-pyrrole nitrogens is 1. The van der Waals surface area contributed by atoms with Crippen LogP contribution in [0.1, 0.15) is 43.2 Å². The number of aromatic nitrogens is 1. The van der Waals surface area contributed by atoms with Crippen LogP contribution >= 0.6 is 0 Å². The maximum Gasteiger partial charge on any atom is 0.123 e. The highest BCUT2D eigenvalue weighted by atomic mass is 19.1. The molecule has 2 aliphatic rings. The van der Waals surface area contributed by atoms with Gasteiger partial charge in [0.15, 0.2) is 0 Å². The van der Waals surface area contributed by atoms with Gasteiger partial charge in [0.05, 0.1) is 6.61 Å². The average Bonchev–Trinajstić information content (AvgIpc) is 3.11. The molecule has 1 saturated carbocycles. The van der Waals surface area contributed by atoms with E-state index in [1.807, 2.05) is 6.20 Å². The number of benzene rings is 2. The molecule has 1 N–H and O–H groups in total. The minimum absolute atomic E-state index is 0.200. The molecule has 3 nitrogen and oxygen atoms in total. The number of hydrogen-bond donors (Lipinski definition) is 1. The molecule has 1 aromatic heterocycles. The van der Waals surface area contributed by atoms with Crippen molar-refractivity contribution in [3.63, 3.8) is 0 Å². The first-order chi connectivity index (χ1) is 14.2. The summed E-state index contributed by atoms with van der Waals surface area (Å²) >= 11 is 0. The van der Waals surface area contributed by atoms with Gasteiger partial charge in [0.25, 0.3) is 0 Å². The van der Waals surface area contributed by atoms with Crippen LogP contribution in [0, 0.1) is 11.7 Å². The lowest BCUT2D eigenvalue weighted by molar-refractivity contribution is -0.0266. The van der Waals surface area contributed by atoms with Crippen LogP contribution in [0.25, 0.3) is 10.9 Å². The van der Waals surface area contributed by atoms with Crippen molar-refractivity contribution in [1.29, 1.82) is 0 Å². The molecule has 0 bridgehead atoms. The molecule has 29 heavy (non-hydrogen) atoms. The fourth-order valence-corrected chi connectivity index (χ4v) is 5.21. The summed E-state index contributed by atoms with van der Waals surface area (Å²) in [6.45, 7) is 3.78. The number of nitrogens with zero attached hydrogens (tertiary/aromatic N) is 1. The van der Waals surface area contributed by atoms with Crippen LogP contribution in [0.5, 0.6) is 0 Å². The van der Waals surface area contributed by atoms with Crippen molar-refractivity contribution >= 4 is 10.9 Å². The molecule has 1 aliphatic heterocycles. The number of halogens is 1. The van der Waals surface area contributed by atoms with Crippen molar-refractivity contribution in [1.82, 2.24) is 9.88 Å². The molecule has 2 heterocycles. The quantitative estimate of drug-likeness (QED) is 0.590. The Morgan fingerprint density at radius 2 is 1.86 bits per heavy atom. The summed E-state index contributed by atoms with van der Waals surface area (Å²) in [6.07, 6.45) is 8.09. The van der Waals surface area contributed by atoms with E-state index < -0.39 is 0 Å².